The van der Waals surface area contributed by atoms with Crippen molar-refractivity contribution in [3.63, 3.8) is 0 Å². The Hall–Kier alpha value is -0.700. The van der Waals surface area contributed by atoms with Crippen molar-refractivity contribution in [2.45, 2.75) is 30.0 Å². The molecule has 1 rings (SSSR count). The minimum absolute atomic E-state index is 0.0734. The summed E-state index contributed by atoms with van der Waals surface area (Å²) < 4.78 is 53.1. The van der Waals surface area contributed by atoms with Gasteiger partial charge in [-0.1, -0.05) is 0 Å². The second-order valence-corrected chi connectivity index (χ2v) is 8.13. The Bertz CT molecular complexity index is 589. The number of halogens is 2. The Kier molecular flexibility index (Phi) is 5.54. The fraction of sp³-hybridized carbons (Fsp3) is 0.500. The maximum Gasteiger partial charge on any atom is 0.243 e. The third-order valence-corrected chi connectivity index (χ3v) is 5.47. The Labute approximate surface area is 122 Å². The molecule has 0 aromatic heterocycles. The Morgan fingerprint density at radius 2 is 1.95 bits per heavy atom. The minimum atomic E-state index is -4.12. The van der Waals surface area contributed by atoms with Gasteiger partial charge >= 0.3 is 0 Å². The zero-order valence-corrected chi connectivity index (χ0v) is 13.2. The first-order chi connectivity index (χ1) is 9.13. The molecule has 0 aliphatic heterocycles. The van der Waals surface area contributed by atoms with Crippen molar-refractivity contribution < 1.29 is 17.2 Å². The highest BCUT2D eigenvalue weighted by atomic mass is 32.2. The van der Waals surface area contributed by atoms with E-state index < -0.39 is 26.6 Å². The molecule has 0 aliphatic carbocycles. The summed E-state index contributed by atoms with van der Waals surface area (Å²) in [5, 5.41) is 0. The van der Waals surface area contributed by atoms with E-state index in [4.69, 9.17) is 5.73 Å². The van der Waals surface area contributed by atoms with Crippen LogP contribution in [0.25, 0.3) is 0 Å². The molecule has 1 aromatic carbocycles. The van der Waals surface area contributed by atoms with Gasteiger partial charge in [-0.2, -0.15) is 11.8 Å². The van der Waals surface area contributed by atoms with Crippen LogP contribution in [0.2, 0.25) is 0 Å². The number of hydrogen-bond acceptors (Lipinski definition) is 4. The van der Waals surface area contributed by atoms with Crippen LogP contribution in [0.4, 0.5) is 8.78 Å². The second kappa shape index (κ2) is 6.38. The van der Waals surface area contributed by atoms with Gasteiger partial charge in [-0.05, 0) is 37.8 Å². The highest BCUT2D eigenvalue weighted by Crippen LogP contribution is 2.23. The van der Waals surface area contributed by atoms with Gasteiger partial charge in [-0.25, -0.2) is 21.9 Å². The van der Waals surface area contributed by atoms with Crippen LogP contribution < -0.4 is 10.5 Å². The Balaban J connectivity index is 3.13. The molecular weight excluding hydrogens is 306 g/mol. The van der Waals surface area contributed by atoms with E-state index in [1.165, 1.54) is 11.8 Å². The van der Waals surface area contributed by atoms with Gasteiger partial charge < -0.3 is 5.73 Å². The van der Waals surface area contributed by atoms with Crippen LogP contribution in [0, 0.1) is 11.6 Å². The molecule has 0 aliphatic rings. The number of nitrogens with two attached hydrogens (primary N) is 1. The summed E-state index contributed by atoms with van der Waals surface area (Å²) in [4.78, 5) is -0.713. The molecule has 0 heterocycles. The van der Waals surface area contributed by atoms with Crippen LogP contribution in [-0.2, 0) is 16.6 Å². The smallest absolute Gasteiger partial charge is 0.243 e. The highest BCUT2D eigenvalue weighted by Gasteiger charge is 2.25. The molecule has 0 saturated carbocycles. The van der Waals surface area contributed by atoms with E-state index in [0.717, 1.165) is 12.1 Å². The number of hydrogen-bond donors (Lipinski definition) is 2. The quantitative estimate of drug-likeness (QED) is 0.837. The number of nitrogens with one attached hydrogen (secondary N) is 1. The van der Waals surface area contributed by atoms with Gasteiger partial charge in [0.25, 0.3) is 0 Å². The van der Waals surface area contributed by atoms with Crippen LogP contribution in [0.15, 0.2) is 17.0 Å². The van der Waals surface area contributed by atoms with E-state index >= 15 is 0 Å². The standard InChI is InChI=1S/C12H18F2N2O2S2/c1-12(2,19-3)7-16-20(17,18)10-5-8(6-15)4-9(13)11(10)14/h4-5,16H,6-7,15H2,1-3H3. The van der Waals surface area contributed by atoms with Gasteiger partial charge in [0.15, 0.2) is 11.6 Å². The van der Waals surface area contributed by atoms with Gasteiger partial charge in [-0.3, -0.25) is 0 Å². The zero-order valence-electron chi connectivity index (χ0n) is 11.5. The average molecular weight is 324 g/mol. The van der Waals surface area contributed by atoms with Crippen molar-refractivity contribution in [2.24, 2.45) is 5.73 Å². The first kappa shape index (κ1) is 17.4. The molecule has 0 atom stereocenters. The van der Waals surface area contributed by atoms with Gasteiger partial charge in [0.2, 0.25) is 10.0 Å². The molecule has 4 nitrogen and oxygen atoms in total. The fourth-order valence-electron chi connectivity index (χ4n) is 1.35. The van der Waals surface area contributed by atoms with Crippen LogP contribution in [0.3, 0.4) is 0 Å². The lowest BCUT2D eigenvalue weighted by Gasteiger charge is -2.22. The summed E-state index contributed by atoms with van der Waals surface area (Å²) in [6, 6.07) is 1.94. The molecule has 0 fully saturated rings. The van der Waals surface area contributed by atoms with Crippen LogP contribution in [0.1, 0.15) is 19.4 Å². The summed E-state index contributed by atoms with van der Waals surface area (Å²) in [5.41, 5.74) is 5.55. The third-order valence-electron chi connectivity index (χ3n) is 2.82. The van der Waals surface area contributed by atoms with Crippen molar-refractivity contribution in [1.29, 1.82) is 0 Å². The van der Waals surface area contributed by atoms with E-state index in [1.54, 1.807) is 0 Å². The number of thioether (sulfide) groups is 1. The molecule has 20 heavy (non-hydrogen) atoms. The Morgan fingerprint density at radius 3 is 2.45 bits per heavy atom. The molecule has 0 radical (unpaired) electrons. The lowest BCUT2D eigenvalue weighted by atomic mass is 10.2. The summed E-state index contributed by atoms with van der Waals surface area (Å²) in [6.07, 6.45) is 1.84. The SMILES string of the molecule is CSC(C)(C)CNS(=O)(=O)c1cc(CN)cc(F)c1F. The van der Waals surface area contributed by atoms with Crippen molar-refractivity contribution in [1.82, 2.24) is 4.72 Å². The van der Waals surface area contributed by atoms with E-state index in [9.17, 15) is 17.2 Å². The largest absolute Gasteiger partial charge is 0.326 e. The molecule has 0 saturated heterocycles. The van der Waals surface area contributed by atoms with Crippen molar-refractivity contribution in [2.75, 3.05) is 12.8 Å². The molecular formula is C12H18F2N2O2S2. The Morgan fingerprint density at radius 1 is 1.35 bits per heavy atom. The number of sulfonamides is 1. The van der Waals surface area contributed by atoms with Gasteiger partial charge in [-0.15, -0.1) is 0 Å². The molecule has 0 unspecified atom stereocenters. The van der Waals surface area contributed by atoms with Crippen molar-refractivity contribution in [3.8, 4) is 0 Å². The van der Waals surface area contributed by atoms with Crippen LogP contribution in [0.5, 0.6) is 0 Å². The topological polar surface area (TPSA) is 72.2 Å². The molecule has 114 valence electrons. The van der Waals surface area contributed by atoms with E-state index in [2.05, 4.69) is 4.72 Å². The van der Waals surface area contributed by atoms with Gasteiger partial charge in [0.1, 0.15) is 4.90 Å². The maximum atomic E-state index is 13.7. The highest BCUT2D eigenvalue weighted by molar-refractivity contribution is 8.00. The maximum absolute atomic E-state index is 13.7. The fourth-order valence-corrected chi connectivity index (χ4v) is 3.00. The van der Waals surface area contributed by atoms with E-state index in [0.29, 0.717) is 0 Å². The monoisotopic (exact) mass is 324 g/mol. The molecule has 0 amide bonds. The van der Waals surface area contributed by atoms with Crippen molar-refractivity contribution in [3.05, 3.63) is 29.3 Å². The first-order valence-electron chi connectivity index (χ1n) is 5.86. The van der Waals surface area contributed by atoms with E-state index in [-0.39, 0.29) is 23.4 Å². The summed E-state index contributed by atoms with van der Waals surface area (Å²) in [5.74, 6) is -2.62. The minimum Gasteiger partial charge on any atom is -0.326 e. The van der Waals surface area contributed by atoms with Crippen molar-refractivity contribution >= 4 is 21.8 Å². The average Bonchev–Trinajstić information content (AvgIpc) is 2.39. The van der Waals surface area contributed by atoms with Gasteiger partial charge in [0, 0.05) is 17.8 Å². The predicted octanol–water partition coefficient (Wildman–Crippen LogP) is 1.84. The molecule has 0 bridgehead atoms. The third kappa shape index (κ3) is 4.15. The summed E-state index contributed by atoms with van der Waals surface area (Å²) in [6.45, 7) is 3.71. The zero-order chi connectivity index (χ0) is 15.6. The summed E-state index contributed by atoms with van der Waals surface area (Å²) in [7, 11) is -4.12. The first-order valence-corrected chi connectivity index (χ1v) is 8.56. The second-order valence-electron chi connectivity index (χ2n) is 4.88. The molecule has 1 aromatic rings. The van der Waals surface area contributed by atoms with Crippen LogP contribution >= 0.6 is 11.8 Å². The van der Waals surface area contributed by atoms with Crippen LogP contribution in [-0.4, -0.2) is 26.0 Å². The lowest BCUT2D eigenvalue weighted by Crippen LogP contribution is -2.36. The normalized spacial score (nSPS) is 12.7. The molecule has 3 N–H and O–H groups in total. The van der Waals surface area contributed by atoms with Gasteiger partial charge in [0.05, 0.1) is 0 Å². The number of rotatable bonds is 6. The molecule has 8 heteroatoms. The predicted molar refractivity (Wildman–Crippen MR) is 77.0 cm³/mol. The summed E-state index contributed by atoms with van der Waals surface area (Å²) >= 11 is 1.46. The number of benzene rings is 1. The lowest BCUT2D eigenvalue weighted by molar-refractivity contribution is 0.480. The molecule has 0 spiro atoms. The van der Waals surface area contributed by atoms with E-state index in [1.807, 2.05) is 20.1 Å².